The second-order valence-corrected chi connectivity index (χ2v) is 2.12. The van der Waals surface area contributed by atoms with Crippen LogP contribution in [-0.4, -0.2) is 9.97 Å². The van der Waals surface area contributed by atoms with Crippen molar-refractivity contribution in [1.82, 2.24) is 9.97 Å². The van der Waals surface area contributed by atoms with E-state index in [0.717, 1.165) is 11.4 Å². The lowest BCUT2D eigenvalue weighted by molar-refractivity contribution is 1.03. The molecule has 0 unspecified atom stereocenters. The molecule has 4 nitrogen and oxygen atoms in total. The molecule has 0 atom stereocenters. The van der Waals surface area contributed by atoms with Crippen molar-refractivity contribution in [1.29, 1.82) is 0 Å². The lowest BCUT2D eigenvalue weighted by Crippen LogP contribution is -2.11. The maximum absolute atomic E-state index is 5.11. The van der Waals surface area contributed by atoms with Gasteiger partial charge in [0.2, 0.25) is 5.95 Å². The van der Waals surface area contributed by atoms with Gasteiger partial charge in [0, 0.05) is 11.4 Å². The Labute approximate surface area is 71.6 Å². The van der Waals surface area contributed by atoms with Gasteiger partial charge in [0.15, 0.2) is 0 Å². The number of nitrogens with zero attached hydrogens (tertiary/aromatic N) is 2. The van der Waals surface area contributed by atoms with Crippen LogP contribution in [-0.2, 0) is 0 Å². The molecule has 11 heavy (non-hydrogen) atoms. The van der Waals surface area contributed by atoms with Crippen LogP contribution in [0.2, 0.25) is 0 Å². The number of hydrazine groups is 1. The third-order valence-corrected chi connectivity index (χ3v) is 1.11. The number of halogens is 1. The summed E-state index contributed by atoms with van der Waals surface area (Å²) >= 11 is 0. The van der Waals surface area contributed by atoms with Crippen molar-refractivity contribution in [3.8, 4) is 0 Å². The van der Waals surface area contributed by atoms with Crippen molar-refractivity contribution in [2.45, 2.75) is 13.8 Å². The summed E-state index contributed by atoms with van der Waals surface area (Å²) in [6.45, 7) is 3.80. The summed E-state index contributed by atoms with van der Waals surface area (Å²) in [5.74, 6) is 5.58. The maximum Gasteiger partial charge on any atom is 0.237 e. The molecule has 0 bridgehead atoms. The predicted octanol–water partition coefficient (Wildman–Crippen LogP) is 0.801. The predicted molar refractivity (Wildman–Crippen MR) is 46.6 cm³/mol. The van der Waals surface area contributed by atoms with E-state index in [0.29, 0.717) is 5.95 Å². The molecular formula is C6H11ClN4. The molecule has 5 heteroatoms. The Hall–Kier alpha value is -0.870. The lowest BCUT2D eigenvalue weighted by atomic mass is 10.4. The second-order valence-electron chi connectivity index (χ2n) is 2.12. The van der Waals surface area contributed by atoms with Gasteiger partial charge in [0.25, 0.3) is 0 Å². The summed E-state index contributed by atoms with van der Waals surface area (Å²) in [7, 11) is 0. The molecule has 0 amide bonds. The van der Waals surface area contributed by atoms with E-state index in [1.165, 1.54) is 0 Å². The molecule has 0 spiro atoms. The number of nitrogens with two attached hydrogens (primary N) is 1. The third kappa shape index (κ3) is 2.69. The first-order chi connectivity index (χ1) is 4.72. The van der Waals surface area contributed by atoms with Gasteiger partial charge < -0.3 is 0 Å². The van der Waals surface area contributed by atoms with E-state index in [9.17, 15) is 0 Å². The van der Waals surface area contributed by atoms with Gasteiger partial charge in [-0.2, -0.15) is 0 Å². The zero-order valence-corrected chi connectivity index (χ0v) is 7.27. The summed E-state index contributed by atoms with van der Waals surface area (Å²) in [4.78, 5) is 8.01. The molecule has 1 heterocycles. The first-order valence-corrected chi connectivity index (χ1v) is 3.01. The molecule has 0 aliphatic heterocycles. The van der Waals surface area contributed by atoms with Gasteiger partial charge in [-0.25, -0.2) is 15.8 Å². The quantitative estimate of drug-likeness (QED) is 0.489. The van der Waals surface area contributed by atoms with Crippen molar-refractivity contribution < 1.29 is 0 Å². The molecule has 0 aliphatic rings. The van der Waals surface area contributed by atoms with Crippen LogP contribution in [0.15, 0.2) is 6.07 Å². The number of anilines is 1. The number of nitrogens with one attached hydrogen (secondary N) is 1. The fourth-order valence-corrected chi connectivity index (χ4v) is 0.790. The van der Waals surface area contributed by atoms with E-state index in [1.54, 1.807) is 0 Å². The Morgan fingerprint density at radius 3 is 2.09 bits per heavy atom. The first kappa shape index (κ1) is 10.1. The van der Waals surface area contributed by atoms with Gasteiger partial charge in [-0.1, -0.05) is 0 Å². The lowest BCUT2D eigenvalue weighted by Gasteiger charge is -1.99. The molecule has 0 saturated heterocycles. The standard InChI is InChI=1S/C6H10N4.ClH/c1-4-3-5(2)9-6(8-4)10-7;/h3H,7H2,1-2H3,(H,8,9,10);1H. The minimum atomic E-state index is 0. The summed E-state index contributed by atoms with van der Waals surface area (Å²) in [6, 6.07) is 1.89. The van der Waals surface area contributed by atoms with E-state index >= 15 is 0 Å². The van der Waals surface area contributed by atoms with E-state index in [2.05, 4.69) is 15.4 Å². The Kier molecular flexibility index (Phi) is 3.78. The Bertz CT molecular complexity index is 218. The summed E-state index contributed by atoms with van der Waals surface area (Å²) in [6.07, 6.45) is 0. The van der Waals surface area contributed by atoms with Crippen LogP contribution >= 0.6 is 12.4 Å². The van der Waals surface area contributed by atoms with Crippen LogP contribution < -0.4 is 11.3 Å². The number of rotatable bonds is 1. The molecule has 0 radical (unpaired) electrons. The van der Waals surface area contributed by atoms with Crippen molar-refractivity contribution in [3.63, 3.8) is 0 Å². The molecule has 0 fully saturated rings. The van der Waals surface area contributed by atoms with Crippen LogP contribution in [0, 0.1) is 13.8 Å². The van der Waals surface area contributed by atoms with E-state index in [4.69, 9.17) is 5.84 Å². The van der Waals surface area contributed by atoms with Crippen LogP contribution in [0.5, 0.6) is 0 Å². The monoisotopic (exact) mass is 174 g/mol. The van der Waals surface area contributed by atoms with Gasteiger partial charge in [0.1, 0.15) is 0 Å². The molecule has 1 aromatic rings. The molecule has 0 aromatic carbocycles. The van der Waals surface area contributed by atoms with Gasteiger partial charge in [-0.15, -0.1) is 12.4 Å². The fourth-order valence-electron chi connectivity index (χ4n) is 0.790. The Morgan fingerprint density at radius 1 is 1.27 bits per heavy atom. The number of nitrogen functional groups attached to an aromatic ring is 1. The average molecular weight is 175 g/mol. The number of aromatic nitrogens is 2. The van der Waals surface area contributed by atoms with Crippen molar-refractivity contribution in [2.75, 3.05) is 5.43 Å². The fraction of sp³-hybridized carbons (Fsp3) is 0.333. The zero-order chi connectivity index (χ0) is 7.56. The highest BCUT2D eigenvalue weighted by Crippen LogP contribution is 2.00. The van der Waals surface area contributed by atoms with E-state index < -0.39 is 0 Å². The highest BCUT2D eigenvalue weighted by Gasteiger charge is 1.94. The smallest absolute Gasteiger partial charge is 0.237 e. The molecule has 62 valence electrons. The highest BCUT2D eigenvalue weighted by molar-refractivity contribution is 5.85. The van der Waals surface area contributed by atoms with Crippen LogP contribution in [0.25, 0.3) is 0 Å². The minimum absolute atomic E-state index is 0. The van der Waals surface area contributed by atoms with Gasteiger partial charge in [-0.05, 0) is 19.9 Å². The van der Waals surface area contributed by atoms with Gasteiger partial charge in [0.05, 0.1) is 0 Å². The zero-order valence-electron chi connectivity index (χ0n) is 6.46. The van der Waals surface area contributed by atoms with Crippen LogP contribution in [0.1, 0.15) is 11.4 Å². The largest absolute Gasteiger partial charge is 0.292 e. The number of aryl methyl sites for hydroxylation is 2. The average Bonchev–Trinajstić information content (AvgIpc) is 1.85. The minimum Gasteiger partial charge on any atom is -0.292 e. The van der Waals surface area contributed by atoms with Crippen LogP contribution in [0.4, 0.5) is 5.95 Å². The summed E-state index contributed by atoms with van der Waals surface area (Å²) in [5.41, 5.74) is 4.22. The molecule has 0 aliphatic carbocycles. The Morgan fingerprint density at radius 2 is 1.73 bits per heavy atom. The highest BCUT2D eigenvalue weighted by atomic mass is 35.5. The molecule has 3 N–H and O–H groups in total. The molecule has 1 aromatic heterocycles. The molecule has 1 rings (SSSR count). The van der Waals surface area contributed by atoms with Gasteiger partial charge in [-0.3, -0.25) is 5.43 Å². The number of hydrogen-bond donors (Lipinski definition) is 2. The third-order valence-electron chi connectivity index (χ3n) is 1.11. The summed E-state index contributed by atoms with van der Waals surface area (Å²) in [5, 5.41) is 0. The van der Waals surface area contributed by atoms with Gasteiger partial charge >= 0.3 is 0 Å². The first-order valence-electron chi connectivity index (χ1n) is 3.01. The normalized spacial score (nSPS) is 8.64. The summed E-state index contributed by atoms with van der Waals surface area (Å²) < 4.78 is 0. The maximum atomic E-state index is 5.11. The topological polar surface area (TPSA) is 63.8 Å². The van der Waals surface area contributed by atoms with Crippen molar-refractivity contribution in [2.24, 2.45) is 5.84 Å². The SMILES string of the molecule is Cc1cc(C)nc(NN)n1.Cl. The number of hydrogen-bond acceptors (Lipinski definition) is 4. The van der Waals surface area contributed by atoms with E-state index in [1.807, 2.05) is 19.9 Å². The Balaban J connectivity index is 0.000001000. The van der Waals surface area contributed by atoms with Crippen LogP contribution in [0.3, 0.4) is 0 Å². The molecular weight excluding hydrogens is 164 g/mol. The van der Waals surface area contributed by atoms with Crippen molar-refractivity contribution >= 4 is 18.4 Å². The molecule has 0 saturated carbocycles. The van der Waals surface area contributed by atoms with E-state index in [-0.39, 0.29) is 12.4 Å². The second kappa shape index (κ2) is 4.10. The van der Waals surface area contributed by atoms with Crippen molar-refractivity contribution in [3.05, 3.63) is 17.5 Å².